The van der Waals surface area contributed by atoms with Crippen molar-refractivity contribution in [1.82, 2.24) is 24.7 Å². The molecule has 0 aliphatic carbocycles. The summed E-state index contributed by atoms with van der Waals surface area (Å²) in [4.78, 5) is 23.3. The molecule has 0 saturated heterocycles. The molecule has 3 rings (SSSR count). The van der Waals surface area contributed by atoms with Crippen LogP contribution < -0.4 is 4.74 Å². The highest BCUT2D eigenvalue weighted by molar-refractivity contribution is 6.28. The summed E-state index contributed by atoms with van der Waals surface area (Å²) >= 11 is 5.80. The van der Waals surface area contributed by atoms with Crippen LogP contribution in [0.5, 0.6) is 5.88 Å². The number of aromatic nitrogens is 5. The van der Waals surface area contributed by atoms with Crippen molar-refractivity contribution >= 4 is 17.6 Å². The van der Waals surface area contributed by atoms with Gasteiger partial charge in [-0.25, -0.2) is 19.4 Å². The molecule has 0 fully saturated rings. The van der Waals surface area contributed by atoms with Gasteiger partial charge < -0.3 is 9.84 Å². The lowest BCUT2D eigenvalue weighted by Gasteiger charge is -2.14. The molecular formula is C16H11ClF3N5O3. The maximum absolute atomic E-state index is 12.9. The van der Waals surface area contributed by atoms with E-state index in [9.17, 15) is 23.1 Å². The van der Waals surface area contributed by atoms with Gasteiger partial charge in [-0.1, -0.05) is 0 Å². The molecule has 0 saturated carbocycles. The van der Waals surface area contributed by atoms with E-state index in [1.54, 1.807) is 0 Å². The second-order valence-electron chi connectivity index (χ2n) is 5.51. The number of nitrogens with zero attached hydrogens (tertiary/aromatic N) is 5. The Morgan fingerprint density at radius 2 is 1.93 bits per heavy atom. The van der Waals surface area contributed by atoms with E-state index in [0.29, 0.717) is 0 Å². The molecule has 8 nitrogen and oxygen atoms in total. The molecule has 0 aliphatic heterocycles. The van der Waals surface area contributed by atoms with E-state index in [0.717, 1.165) is 16.9 Å². The molecule has 0 amide bonds. The molecule has 0 radical (unpaired) electrons. The minimum atomic E-state index is -4.64. The summed E-state index contributed by atoms with van der Waals surface area (Å²) in [6, 6.07) is 0.779. The first kappa shape index (κ1) is 19.5. The number of carboxylic acid groups (broad SMARTS) is 1. The van der Waals surface area contributed by atoms with E-state index >= 15 is 0 Å². The van der Waals surface area contributed by atoms with E-state index in [4.69, 9.17) is 16.3 Å². The first-order valence-corrected chi connectivity index (χ1v) is 7.94. The van der Waals surface area contributed by atoms with Crippen LogP contribution in [0.4, 0.5) is 13.2 Å². The first-order valence-electron chi connectivity index (χ1n) is 7.56. The van der Waals surface area contributed by atoms with Gasteiger partial charge in [0.2, 0.25) is 11.2 Å². The summed E-state index contributed by atoms with van der Waals surface area (Å²) in [5.41, 5.74) is -0.596. The van der Waals surface area contributed by atoms with Crippen molar-refractivity contribution in [2.75, 3.05) is 7.11 Å². The number of halogens is 4. The fourth-order valence-electron chi connectivity index (χ4n) is 2.57. The van der Waals surface area contributed by atoms with Gasteiger partial charge in [0.15, 0.2) is 11.5 Å². The summed E-state index contributed by atoms with van der Waals surface area (Å²) in [5, 5.41) is 12.7. The van der Waals surface area contributed by atoms with Crippen LogP contribution in [0.2, 0.25) is 5.28 Å². The summed E-state index contributed by atoms with van der Waals surface area (Å²) in [5.74, 6) is -1.45. The third-order valence-corrected chi connectivity index (χ3v) is 4.02. The Morgan fingerprint density at radius 1 is 1.25 bits per heavy atom. The first-order chi connectivity index (χ1) is 13.1. The molecule has 12 heteroatoms. The van der Waals surface area contributed by atoms with Crippen molar-refractivity contribution in [2.45, 2.75) is 13.1 Å². The Morgan fingerprint density at radius 3 is 2.50 bits per heavy atom. The second-order valence-corrected chi connectivity index (χ2v) is 5.84. The number of carboxylic acids is 1. The van der Waals surface area contributed by atoms with Crippen LogP contribution in [0.1, 0.15) is 21.6 Å². The smallest absolute Gasteiger partial charge is 0.435 e. The average Bonchev–Trinajstić information content (AvgIpc) is 3.11. The summed E-state index contributed by atoms with van der Waals surface area (Å²) in [6.45, 7) is 1.51. The van der Waals surface area contributed by atoms with Crippen molar-refractivity contribution in [1.29, 1.82) is 0 Å². The zero-order chi connectivity index (χ0) is 20.6. The molecule has 0 atom stereocenters. The Balaban J connectivity index is 2.24. The number of carbonyl (C=O) groups is 1. The molecule has 0 unspecified atom stereocenters. The van der Waals surface area contributed by atoms with Gasteiger partial charge in [-0.15, -0.1) is 0 Å². The van der Waals surface area contributed by atoms with Crippen LogP contribution in [0.3, 0.4) is 0 Å². The van der Waals surface area contributed by atoms with Crippen molar-refractivity contribution in [3.63, 3.8) is 0 Å². The van der Waals surface area contributed by atoms with Gasteiger partial charge in [0, 0.05) is 29.7 Å². The van der Waals surface area contributed by atoms with E-state index in [2.05, 4.69) is 20.1 Å². The van der Waals surface area contributed by atoms with E-state index in [1.807, 2.05) is 0 Å². The molecule has 0 aromatic carbocycles. The van der Waals surface area contributed by atoms with Crippen LogP contribution in [-0.4, -0.2) is 42.9 Å². The van der Waals surface area contributed by atoms with Gasteiger partial charge in [0.25, 0.3) is 0 Å². The third kappa shape index (κ3) is 3.48. The van der Waals surface area contributed by atoms with Crippen molar-refractivity contribution in [3.8, 4) is 22.8 Å². The number of hydrogen-bond donors (Lipinski definition) is 1. The van der Waals surface area contributed by atoms with Crippen LogP contribution in [0.25, 0.3) is 16.9 Å². The molecule has 3 aromatic heterocycles. The minimum Gasteiger partial charge on any atom is -0.480 e. The van der Waals surface area contributed by atoms with Crippen LogP contribution >= 0.6 is 11.6 Å². The highest BCUT2D eigenvalue weighted by Gasteiger charge is 2.34. The predicted octanol–water partition coefficient (Wildman–Crippen LogP) is 3.41. The number of ether oxygens (including phenoxy) is 1. The maximum Gasteiger partial charge on any atom is 0.435 e. The molecule has 0 spiro atoms. The number of hydrogen-bond acceptors (Lipinski definition) is 6. The summed E-state index contributed by atoms with van der Waals surface area (Å²) in [7, 11) is 1.27. The van der Waals surface area contributed by atoms with Gasteiger partial charge >= 0.3 is 12.1 Å². The Labute approximate surface area is 160 Å². The fourth-order valence-corrected chi connectivity index (χ4v) is 2.70. The number of alkyl halides is 3. The highest BCUT2D eigenvalue weighted by atomic mass is 35.5. The molecule has 28 heavy (non-hydrogen) atoms. The van der Waals surface area contributed by atoms with Crippen LogP contribution in [0.15, 0.2) is 24.7 Å². The van der Waals surface area contributed by atoms with Gasteiger partial charge in [0.05, 0.1) is 7.11 Å². The van der Waals surface area contributed by atoms with E-state index < -0.39 is 17.8 Å². The Kier molecular flexibility index (Phi) is 4.94. The van der Waals surface area contributed by atoms with E-state index in [-0.39, 0.29) is 39.2 Å². The maximum atomic E-state index is 12.9. The molecule has 146 valence electrons. The van der Waals surface area contributed by atoms with Crippen molar-refractivity contribution < 1.29 is 27.8 Å². The van der Waals surface area contributed by atoms with Crippen molar-refractivity contribution in [2.24, 2.45) is 0 Å². The number of methoxy groups -OCH3 is 1. The highest BCUT2D eigenvalue weighted by Crippen LogP contribution is 2.33. The molecular weight excluding hydrogens is 403 g/mol. The lowest BCUT2D eigenvalue weighted by atomic mass is 10.0. The third-order valence-electron chi connectivity index (χ3n) is 3.84. The lowest BCUT2D eigenvalue weighted by molar-refractivity contribution is -0.141. The summed E-state index contributed by atoms with van der Waals surface area (Å²) < 4.78 is 44.5. The zero-order valence-corrected chi connectivity index (χ0v) is 15.1. The predicted molar refractivity (Wildman–Crippen MR) is 90.6 cm³/mol. The van der Waals surface area contributed by atoms with Crippen molar-refractivity contribution in [3.05, 3.63) is 46.8 Å². The van der Waals surface area contributed by atoms with Gasteiger partial charge in [0.1, 0.15) is 5.56 Å². The standard InChI is InChI=1S/C16H11ClF3N5O3/c1-7-8(5-21-13(28-2)11(7)14(26)27)9-6-22-15(17)23-12(9)25-4-3-10(24-25)16(18,19)20/h3-6H,1-2H3,(H,26,27). The molecule has 0 bridgehead atoms. The summed E-state index contributed by atoms with van der Waals surface area (Å²) in [6.07, 6.45) is -1.02. The number of aromatic carboxylic acids is 1. The van der Waals surface area contributed by atoms with Gasteiger partial charge in [-0.3, -0.25) is 0 Å². The number of pyridine rings is 1. The quantitative estimate of drug-likeness (QED) is 0.654. The monoisotopic (exact) mass is 413 g/mol. The fraction of sp³-hybridized carbons (Fsp3) is 0.188. The molecule has 3 aromatic rings. The van der Waals surface area contributed by atoms with E-state index in [1.165, 1.54) is 26.4 Å². The SMILES string of the molecule is COc1ncc(-c2cnc(Cl)nc2-n2ccc(C(F)(F)F)n2)c(C)c1C(=O)O. The van der Waals surface area contributed by atoms with Crippen LogP contribution in [-0.2, 0) is 6.18 Å². The molecule has 1 N–H and O–H groups in total. The van der Waals surface area contributed by atoms with Gasteiger partial charge in [-0.05, 0) is 30.2 Å². The largest absolute Gasteiger partial charge is 0.480 e. The van der Waals surface area contributed by atoms with Crippen LogP contribution in [0, 0.1) is 6.92 Å². The average molecular weight is 414 g/mol. The number of rotatable bonds is 4. The second kappa shape index (κ2) is 7.08. The van der Waals surface area contributed by atoms with Gasteiger partial charge in [-0.2, -0.15) is 23.3 Å². The minimum absolute atomic E-state index is 0.0677. The molecule has 0 aliphatic rings. The Bertz CT molecular complexity index is 1070. The Hall–Kier alpha value is -3.21. The lowest BCUT2D eigenvalue weighted by Crippen LogP contribution is -2.10. The molecule has 3 heterocycles. The zero-order valence-electron chi connectivity index (χ0n) is 14.3. The normalized spacial score (nSPS) is 11.5. The topological polar surface area (TPSA) is 103 Å².